The molecule has 5 heteroatoms. The monoisotopic (exact) mass is 336 g/mol. The van der Waals surface area contributed by atoms with Crippen LogP contribution in [0.4, 0.5) is 10.1 Å². The van der Waals surface area contributed by atoms with Gasteiger partial charge in [0.15, 0.2) is 0 Å². The molecule has 124 valence electrons. The van der Waals surface area contributed by atoms with Crippen LogP contribution in [0.5, 0.6) is 0 Å². The fourth-order valence-corrected chi connectivity index (χ4v) is 3.29. The van der Waals surface area contributed by atoms with Gasteiger partial charge in [-0.3, -0.25) is 4.79 Å². The Morgan fingerprint density at radius 3 is 2.61 bits per heavy atom. The Morgan fingerprint density at radius 1 is 1.43 bits per heavy atom. The molecular formula is C18H22ClFN2O. The number of carbonyl (C=O) groups excluding carboxylic acids is 1. The maximum absolute atomic E-state index is 13.9. The molecule has 1 fully saturated rings. The van der Waals surface area contributed by atoms with Crippen molar-refractivity contribution in [3.63, 3.8) is 0 Å². The minimum Gasteiger partial charge on any atom is -0.306 e. The van der Waals surface area contributed by atoms with Crippen LogP contribution in [-0.4, -0.2) is 36.5 Å². The molecule has 0 atom stereocenters. The lowest BCUT2D eigenvalue weighted by atomic mass is 9.82. The normalized spacial score (nSPS) is 17.5. The molecule has 1 heterocycles. The van der Waals surface area contributed by atoms with Gasteiger partial charge in [0.1, 0.15) is 5.82 Å². The molecular weight excluding hydrogens is 315 g/mol. The maximum atomic E-state index is 13.9. The number of hydrogen-bond acceptors (Lipinski definition) is 2. The van der Waals surface area contributed by atoms with E-state index in [1.54, 1.807) is 11.0 Å². The predicted octanol–water partition coefficient (Wildman–Crippen LogP) is 4.04. The number of likely N-dealkylation sites (tertiary alicyclic amines) is 1. The standard InChI is InChI=1S/C18H22ClFN2O/c1-4-8-18(9-11-21(3)12-10-18)22(17(23)5-2)14-6-7-15(19)16(20)13-14/h4-7,13H,1-2,8-12H2,3H3. The fourth-order valence-electron chi connectivity index (χ4n) is 3.17. The zero-order valence-corrected chi connectivity index (χ0v) is 14.2. The van der Waals surface area contributed by atoms with Gasteiger partial charge in [0.25, 0.3) is 5.91 Å². The van der Waals surface area contributed by atoms with Gasteiger partial charge in [-0.05, 0) is 50.6 Å². The van der Waals surface area contributed by atoms with Crippen molar-refractivity contribution in [2.75, 3.05) is 25.0 Å². The van der Waals surface area contributed by atoms with Crippen LogP contribution >= 0.6 is 11.6 Å². The predicted molar refractivity (Wildman–Crippen MR) is 93.4 cm³/mol. The molecule has 0 bridgehead atoms. The second-order valence-electron chi connectivity index (χ2n) is 6.00. The number of benzene rings is 1. The average Bonchev–Trinajstić information content (AvgIpc) is 2.54. The highest BCUT2D eigenvalue weighted by Gasteiger charge is 2.41. The van der Waals surface area contributed by atoms with Crippen LogP contribution in [0.2, 0.25) is 5.02 Å². The number of hydrogen-bond donors (Lipinski definition) is 0. The maximum Gasteiger partial charge on any atom is 0.250 e. The number of nitrogens with zero attached hydrogens (tertiary/aromatic N) is 2. The van der Waals surface area contributed by atoms with E-state index in [1.807, 2.05) is 6.08 Å². The summed E-state index contributed by atoms with van der Waals surface area (Å²) in [6.45, 7) is 9.17. The van der Waals surface area contributed by atoms with Crippen molar-refractivity contribution in [1.29, 1.82) is 0 Å². The van der Waals surface area contributed by atoms with Gasteiger partial charge in [-0.2, -0.15) is 0 Å². The van der Waals surface area contributed by atoms with Gasteiger partial charge in [0, 0.05) is 18.8 Å². The van der Waals surface area contributed by atoms with E-state index >= 15 is 0 Å². The third kappa shape index (κ3) is 3.65. The second kappa shape index (κ2) is 7.28. The van der Waals surface area contributed by atoms with Crippen molar-refractivity contribution in [2.45, 2.75) is 24.8 Å². The summed E-state index contributed by atoms with van der Waals surface area (Å²) < 4.78 is 13.9. The number of anilines is 1. The first-order valence-electron chi connectivity index (χ1n) is 7.64. The summed E-state index contributed by atoms with van der Waals surface area (Å²) in [5, 5.41) is 0.0425. The molecule has 0 unspecified atom stereocenters. The largest absolute Gasteiger partial charge is 0.306 e. The van der Waals surface area contributed by atoms with Crippen molar-refractivity contribution < 1.29 is 9.18 Å². The number of rotatable bonds is 5. The van der Waals surface area contributed by atoms with Crippen molar-refractivity contribution in [2.24, 2.45) is 0 Å². The zero-order chi connectivity index (χ0) is 17.0. The molecule has 1 aliphatic rings. The van der Waals surface area contributed by atoms with Crippen molar-refractivity contribution in [3.05, 3.63) is 54.3 Å². The summed E-state index contributed by atoms with van der Waals surface area (Å²) in [6.07, 6.45) is 5.32. The third-order valence-corrected chi connectivity index (χ3v) is 4.78. The van der Waals surface area contributed by atoms with Crippen LogP contribution in [0, 0.1) is 5.82 Å². The number of carbonyl (C=O) groups is 1. The molecule has 0 N–H and O–H groups in total. The highest BCUT2D eigenvalue weighted by atomic mass is 35.5. The molecule has 23 heavy (non-hydrogen) atoms. The van der Waals surface area contributed by atoms with Crippen LogP contribution in [-0.2, 0) is 4.79 Å². The molecule has 0 aromatic heterocycles. The Morgan fingerprint density at radius 2 is 2.09 bits per heavy atom. The highest BCUT2D eigenvalue weighted by Crippen LogP contribution is 2.37. The zero-order valence-electron chi connectivity index (χ0n) is 13.4. The van der Waals surface area contributed by atoms with Crippen LogP contribution in [0.15, 0.2) is 43.5 Å². The Bertz CT molecular complexity index is 609. The third-order valence-electron chi connectivity index (χ3n) is 4.47. The molecule has 2 rings (SSSR count). The van der Waals surface area contributed by atoms with Gasteiger partial charge in [-0.25, -0.2) is 4.39 Å². The van der Waals surface area contributed by atoms with E-state index < -0.39 is 11.4 Å². The molecule has 1 saturated heterocycles. The number of halogens is 2. The van der Waals surface area contributed by atoms with Crippen molar-refractivity contribution in [3.8, 4) is 0 Å². The quantitative estimate of drug-likeness (QED) is 0.598. The van der Waals surface area contributed by atoms with E-state index in [1.165, 1.54) is 18.2 Å². The molecule has 0 saturated carbocycles. The van der Waals surface area contributed by atoms with E-state index in [9.17, 15) is 9.18 Å². The molecule has 0 spiro atoms. The summed E-state index contributed by atoms with van der Waals surface area (Å²) >= 11 is 5.78. The molecule has 1 aromatic carbocycles. The van der Waals surface area contributed by atoms with Crippen LogP contribution in [0.1, 0.15) is 19.3 Å². The Labute approximate surface area is 142 Å². The topological polar surface area (TPSA) is 23.6 Å². The van der Waals surface area contributed by atoms with Crippen LogP contribution in [0.3, 0.4) is 0 Å². The van der Waals surface area contributed by atoms with Crippen LogP contribution < -0.4 is 4.90 Å². The minimum absolute atomic E-state index is 0.0425. The average molecular weight is 337 g/mol. The van der Waals surface area contributed by atoms with Gasteiger partial charge < -0.3 is 9.80 Å². The first-order valence-corrected chi connectivity index (χ1v) is 8.02. The summed E-state index contributed by atoms with van der Waals surface area (Å²) in [4.78, 5) is 16.5. The van der Waals surface area contributed by atoms with Gasteiger partial charge in [-0.1, -0.05) is 24.3 Å². The summed E-state index contributed by atoms with van der Waals surface area (Å²) in [6, 6.07) is 4.47. The first-order chi connectivity index (χ1) is 10.9. The van der Waals surface area contributed by atoms with Gasteiger partial charge in [0.2, 0.25) is 0 Å². The SMILES string of the molecule is C=CCC1(N(C(=O)C=C)c2ccc(Cl)c(F)c2)CCN(C)CC1. The Balaban J connectivity index is 2.50. The molecule has 0 aliphatic carbocycles. The Hall–Kier alpha value is -1.65. The number of amides is 1. The molecule has 1 aromatic rings. The van der Waals surface area contributed by atoms with E-state index in [2.05, 4.69) is 25.1 Å². The number of piperidine rings is 1. The molecule has 1 amide bonds. The fraction of sp³-hybridized carbons (Fsp3) is 0.389. The lowest BCUT2D eigenvalue weighted by molar-refractivity contribution is -0.115. The summed E-state index contributed by atoms with van der Waals surface area (Å²) in [5.74, 6) is -0.772. The van der Waals surface area contributed by atoms with Crippen molar-refractivity contribution >= 4 is 23.2 Å². The van der Waals surface area contributed by atoms with Crippen LogP contribution in [0.25, 0.3) is 0 Å². The highest BCUT2D eigenvalue weighted by molar-refractivity contribution is 6.30. The second-order valence-corrected chi connectivity index (χ2v) is 6.40. The van der Waals surface area contributed by atoms with Gasteiger partial charge in [-0.15, -0.1) is 6.58 Å². The summed E-state index contributed by atoms with van der Waals surface area (Å²) in [7, 11) is 2.06. The minimum atomic E-state index is -0.535. The lowest BCUT2D eigenvalue weighted by Crippen LogP contribution is -2.57. The van der Waals surface area contributed by atoms with E-state index in [0.29, 0.717) is 12.1 Å². The van der Waals surface area contributed by atoms with E-state index in [0.717, 1.165) is 25.9 Å². The molecule has 0 radical (unpaired) electrons. The molecule has 3 nitrogen and oxygen atoms in total. The van der Waals surface area contributed by atoms with Crippen molar-refractivity contribution in [1.82, 2.24) is 4.90 Å². The van der Waals surface area contributed by atoms with Gasteiger partial charge >= 0.3 is 0 Å². The van der Waals surface area contributed by atoms with Gasteiger partial charge in [0.05, 0.1) is 10.6 Å². The lowest BCUT2D eigenvalue weighted by Gasteiger charge is -2.47. The first kappa shape index (κ1) is 17.7. The van der Waals surface area contributed by atoms with E-state index in [4.69, 9.17) is 11.6 Å². The Kier molecular flexibility index (Phi) is 5.60. The smallest absolute Gasteiger partial charge is 0.250 e. The van der Waals surface area contributed by atoms with E-state index in [-0.39, 0.29) is 10.9 Å². The molecule has 1 aliphatic heterocycles. The summed E-state index contributed by atoms with van der Waals surface area (Å²) in [5.41, 5.74) is 0.0861.